The molecule has 2 heterocycles. The lowest BCUT2D eigenvalue weighted by atomic mass is 10.1. The van der Waals surface area contributed by atoms with Crippen LogP contribution in [0.1, 0.15) is 11.4 Å². The van der Waals surface area contributed by atoms with Gasteiger partial charge < -0.3 is 15.2 Å². The number of aromatic nitrogens is 4. The highest BCUT2D eigenvalue weighted by Crippen LogP contribution is 2.26. The van der Waals surface area contributed by atoms with Crippen molar-refractivity contribution in [3.63, 3.8) is 0 Å². The molecule has 114 valence electrons. The molecule has 2 N–H and O–H groups in total. The summed E-state index contributed by atoms with van der Waals surface area (Å²) in [6.45, 7) is 0. The molecule has 0 saturated heterocycles. The summed E-state index contributed by atoms with van der Waals surface area (Å²) in [5.41, 5.74) is 8.17. The number of hydrogen-bond donors (Lipinski definition) is 1. The minimum Gasteiger partial charge on any atom is -0.497 e. The lowest BCUT2D eigenvalue weighted by molar-refractivity contribution is 0.391. The van der Waals surface area contributed by atoms with Crippen molar-refractivity contribution in [2.24, 2.45) is 7.05 Å². The summed E-state index contributed by atoms with van der Waals surface area (Å²) >= 11 is 0. The zero-order chi connectivity index (χ0) is 15.7. The van der Waals surface area contributed by atoms with Crippen LogP contribution in [0.3, 0.4) is 0 Å². The molecule has 7 heteroatoms. The number of nitrogens with zero attached hydrogens (tertiary/aromatic N) is 4. The van der Waals surface area contributed by atoms with E-state index in [1.807, 2.05) is 25.2 Å². The number of hydrogen-bond acceptors (Lipinski definition) is 6. The largest absolute Gasteiger partial charge is 0.497 e. The maximum absolute atomic E-state index is 5.78. The molecule has 22 heavy (non-hydrogen) atoms. The molecule has 0 fully saturated rings. The summed E-state index contributed by atoms with van der Waals surface area (Å²) in [4.78, 5) is 13.1. The van der Waals surface area contributed by atoms with Gasteiger partial charge in [-0.15, -0.1) is 0 Å². The number of anilines is 1. The summed E-state index contributed by atoms with van der Waals surface area (Å²) in [6, 6.07) is 5.68. The number of nitrogen functional groups attached to an aromatic ring is 1. The smallest absolute Gasteiger partial charge is 0.202 e. The lowest BCUT2D eigenvalue weighted by Crippen LogP contribution is -2.02. The van der Waals surface area contributed by atoms with Gasteiger partial charge in [0, 0.05) is 25.1 Å². The number of nitrogens with two attached hydrogens (primary N) is 1. The minimum atomic E-state index is 0.420. The van der Waals surface area contributed by atoms with Gasteiger partial charge in [-0.25, -0.2) is 15.0 Å². The van der Waals surface area contributed by atoms with E-state index in [-0.39, 0.29) is 0 Å². The second kappa shape index (κ2) is 5.51. The van der Waals surface area contributed by atoms with Gasteiger partial charge in [0.15, 0.2) is 5.65 Å². The molecule has 0 amide bonds. The Morgan fingerprint density at radius 1 is 1.18 bits per heavy atom. The minimum absolute atomic E-state index is 0.420. The van der Waals surface area contributed by atoms with Gasteiger partial charge >= 0.3 is 0 Å². The van der Waals surface area contributed by atoms with E-state index in [0.29, 0.717) is 23.7 Å². The topological polar surface area (TPSA) is 88.1 Å². The molecular formula is C15H17N5O2. The number of methoxy groups -OCH3 is 2. The number of aryl methyl sites for hydroxylation is 1. The van der Waals surface area contributed by atoms with Crippen LogP contribution in [0, 0.1) is 0 Å². The lowest BCUT2D eigenvalue weighted by Gasteiger charge is -2.09. The molecule has 0 radical (unpaired) electrons. The van der Waals surface area contributed by atoms with Gasteiger partial charge in [0.05, 0.1) is 20.4 Å². The Hall–Kier alpha value is -2.83. The fourth-order valence-corrected chi connectivity index (χ4v) is 2.29. The Morgan fingerprint density at radius 2 is 2.00 bits per heavy atom. The van der Waals surface area contributed by atoms with Crippen LogP contribution in [0.5, 0.6) is 11.5 Å². The Kier molecular flexibility index (Phi) is 3.54. The Morgan fingerprint density at radius 3 is 2.73 bits per heavy atom. The van der Waals surface area contributed by atoms with Crippen LogP contribution in [0.25, 0.3) is 11.2 Å². The first kappa shape index (κ1) is 14.1. The van der Waals surface area contributed by atoms with E-state index in [1.165, 1.54) is 0 Å². The second-order valence-corrected chi connectivity index (χ2v) is 4.88. The summed E-state index contributed by atoms with van der Waals surface area (Å²) in [5, 5.41) is 0. The Bertz CT molecular complexity index is 828. The number of fused-ring (bicyclic) bond motifs is 1. The van der Waals surface area contributed by atoms with Crippen LogP contribution < -0.4 is 15.2 Å². The van der Waals surface area contributed by atoms with E-state index < -0.39 is 0 Å². The van der Waals surface area contributed by atoms with Crippen LogP contribution in [-0.4, -0.2) is 33.7 Å². The quantitative estimate of drug-likeness (QED) is 0.786. The number of imidazole rings is 1. The van der Waals surface area contributed by atoms with Crippen molar-refractivity contribution in [1.82, 2.24) is 19.5 Å². The third-order valence-electron chi connectivity index (χ3n) is 3.54. The van der Waals surface area contributed by atoms with Gasteiger partial charge in [-0.1, -0.05) is 6.07 Å². The van der Waals surface area contributed by atoms with Crippen molar-refractivity contribution >= 4 is 17.1 Å². The van der Waals surface area contributed by atoms with Gasteiger partial charge in [-0.05, 0) is 6.07 Å². The molecule has 0 unspecified atom stereocenters. The van der Waals surface area contributed by atoms with E-state index in [9.17, 15) is 0 Å². The molecule has 0 aliphatic carbocycles. The molecule has 1 aromatic carbocycles. The molecule has 7 nitrogen and oxygen atoms in total. The van der Waals surface area contributed by atoms with Crippen LogP contribution in [0.4, 0.5) is 5.95 Å². The molecule has 0 bridgehead atoms. The summed E-state index contributed by atoms with van der Waals surface area (Å²) < 4.78 is 12.3. The zero-order valence-electron chi connectivity index (χ0n) is 12.7. The molecule has 0 saturated carbocycles. The van der Waals surface area contributed by atoms with Crippen LogP contribution >= 0.6 is 0 Å². The molecule has 3 aromatic rings. The van der Waals surface area contributed by atoms with Gasteiger partial charge in [0.2, 0.25) is 5.95 Å². The zero-order valence-corrected chi connectivity index (χ0v) is 12.7. The highest BCUT2D eigenvalue weighted by Gasteiger charge is 2.11. The maximum Gasteiger partial charge on any atom is 0.202 e. The molecular weight excluding hydrogens is 282 g/mol. The van der Waals surface area contributed by atoms with Crippen LogP contribution in [-0.2, 0) is 13.5 Å². The van der Waals surface area contributed by atoms with Gasteiger partial charge in [-0.3, -0.25) is 4.57 Å². The van der Waals surface area contributed by atoms with Crippen molar-refractivity contribution in [3.8, 4) is 11.5 Å². The molecule has 0 spiro atoms. The predicted octanol–water partition coefficient (Wildman–Crippen LogP) is 1.55. The normalized spacial score (nSPS) is 10.9. The third-order valence-corrected chi connectivity index (χ3v) is 3.54. The Labute approximate surface area is 127 Å². The molecule has 0 atom stereocenters. The number of rotatable bonds is 4. The fraction of sp³-hybridized carbons (Fsp3) is 0.267. The monoisotopic (exact) mass is 299 g/mol. The average molecular weight is 299 g/mol. The predicted molar refractivity (Wildman–Crippen MR) is 83.1 cm³/mol. The van der Waals surface area contributed by atoms with Crippen molar-refractivity contribution in [2.75, 3.05) is 20.0 Å². The number of benzene rings is 1. The van der Waals surface area contributed by atoms with E-state index in [0.717, 1.165) is 22.7 Å². The Balaban J connectivity index is 1.97. The van der Waals surface area contributed by atoms with E-state index >= 15 is 0 Å². The second-order valence-electron chi connectivity index (χ2n) is 4.88. The van der Waals surface area contributed by atoms with Gasteiger partial charge in [-0.2, -0.15) is 0 Å². The number of ether oxygens (including phenoxy) is 2. The van der Waals surface area contributed by atoms with E-state index in [4.69, 9.17) is 15.2 Å². The average Bonchev–Trinajstić information content (AvgIpc) is 2.82. The summed E-state index contributed by atoms with van der Waals surface area (Å²) in [6.07, 6.45) is 2.23. The van der Waals surface area contributed by atoms with E-state index in [1.54, 1.807) is 25.0 Å². The highest BCUT2D eigenvalue weighted by molar-refractivity contribution is 5.72. The van der Waals surface area contributed by atoms with Gasteiger partial charge in [0.1, 0.15) is 22.8 Å². The standard InChI is InChI=1S/C15H17N5O2/c1-20-14-11(18-15(20)16)8-17-13(19-14)6-9-4-5-10(21-2)7-12(9)22-3/h4-5,7-8H,6H2,1-3H3,(H2,16,18). The molecule has 0 aliphatic rings. The first-order chi connectivity index (χ1) is 10.6. The summed E-state index contributed by atoms with van der Waals surface area (Å²) in [7, 11) is 5.08. The third kappa shape index (κ3) is 2.41. The van der Waals surface area contributed by atoms with Crippen molar-refractivity contribution in [3.05, 3.63) is 35.8 Å². The first-order valence-electron chi connectivity index (χ1n) is 6.77. The van der Waals surface area contributed by atoms with E-state index in [2.05, 4.69) is 15.0 Å². The SMILES string of the molecule is COc1ccc(Cc2ncc3nc(N)n(C)c3n2)c(OC)c1. The van der Waals surface area contributed by atoms with Gasteiger partial charge in [0.25, 0.3) is 0 Å². The first-order valence-corrected chi connectivity index (χ1v) is 6.77. The van der Waals surface area contributed by atoms with Crippen molar-refractivity contribution in [2.45, 2.75) is 6.42 Å². The van der Waals surface area contributed by atoms with Crippen LogP contribution in [0.2, 0.25) is 0 Å². The molecule has 3 rings (SSSR count). The van der Waals surface area contributed by atoms with Crippen LogP contribution in [0.15, 0.2) is 24.4 Å². The molecule has 0 aliphatic heterocycles. The van der Waals surface area contributed by atoms with Crippen molar-refractivity contribution in [1.29, 1.82) is 0 Å². The fourth-order valence-electron chi connectivity index (χ4n) is 2.29. The van der Waals surface area contributed by atoms with Crippen molar-refractivity contribution < 1.29 is 9.47 Å². The molecule has 2 aromatic heterocycles. The maximum atomic E-state index is 5.78. The highest BCUT2D eigenvalue weighted by atomic mass is 16.5. The summed E-state index contributed by atoms with van der Waals surface area (Å²) in [5.74, 6) is 2.59.